The van der Waals surface area contributed by atoms with Crippen LogP contribution in [0.1, 0.15) is 24.3 Å². The lowest BCUT2D eigenvalue weighted by molar-refractivity contribution is -0.384. The summed E-state index contributed by atoms with van der Waals surface area (Å²) in [6, 6.07) is 9.78. The number of carbonyl (C=O) groups excluding carboxylic acids is 2. The number of amides is 2. The first kappa shape index (κ1) is 27.2. The number of fused-ring (bicyclic) bond motifs is 1. The van der Waals surface area contributed by atoms with Gasteiger partial charge >= 0.3 is 12.0 Å². The number of nitro groups is 1. The van der Waals surface area contributed by atoms with Crippen molar-refractivity contribution in [2.45, 2.75) is 13.8 Å². The number of nitrogens with one attached hydrogen (secondary N) is 2. The van der Waals surface area contributed by atoms with Crippen molar-refractivity contribution in [2.75, 3.05) is 23.8 Å². The van der Waals surface area contributed by atoms with Crippen LogP contribution in [0.3, 0.4) is 0 Å². The van der Waals surface area contributed by atoms with Crippen LogP contribution in [0.5, 0.6) is 5.88 Å². The number of anilines is 2. The highest BCUT2D eigenvalue weighted by Gasteiger charge is 2.23. The Morgan fingerprint density at radius 3 is 2.44 bits per heavy atom. The minimum absolute atomic E-state index is 0.0112. The zero-order chi connectivity index (χ0) is 28.1. The zero-order valence-corrected chi connectivity index (χ0v) is 22.2. The monoisotopic (exact) mass is 596 g/mol. The van der Waals surface area contributed by atoms with Crippen molar-refractivity contribution < 1.29 is 24.0 Å². The fourth-order valence-corrected chi connectivity index (χ4v) is 3.80. The summed E-state index contributed by atoms with van der Waals surface area (Å²) in [5.41, 5.74) is -0.456. The van der Waals surface area contributed by atoms with Crippen LogP contribution in [0.2, 0.25) is 0 Å². The van der Waals surface area contributed by atoms with E-state index >= 15 is 0 Å². The first-order valence-corrected chi connectivity index (χ1v) is 12.4. The largest absolute Gasteiger partial charge is 0.476 e. The average molecular weight is 597 g/mol. The van der Waals surface area contributed by atoms with E-state index in [1.165, 1.54) is 29.1 Å². The molecule has 2 amide bonds. The molecule has 4 rings (SSSR count). The predicted molar refractivity (Wildman–Crippen MR) is 146 cm³/mol. The number of benzene rings is 2. The molecule has 2 aromatic carbocycles. The number of nitro benzene ring substituents is 1. The van der Waals surface area contributed by atoms with Crippen molar-refractivity contribution in [3.63, 3.8) is 0 Å². The number of esters is 1. The lowest BCUT2D eigenvalue weighted by atomic mass is 10.2. The molecule has 13 nitrogen and oxygen atoms in total. The molecule has 0 saturated carbocycles. The molecule has 4 aromatic rings. The van der Waals surface area contributed by atoms with Crippen LogP contribution in [0.4, 0.5) is 21.9 Å². The molecule has 0 unspecified atom stereocenters. The number of ether oxygens (including phenoxy) is 2. The second kappa shape index (κ2) is 11.7. The van der Waals surface area contributed by atoms with Crippen molar-refractivity contribution >= 4 is 56.0 Å². The number of nitrogens with zero attached hydrogens (tertiary/aromatic N) is 4. The second-order valence-electron chi connectivity index (χ2n) is 7.83. The van der Waals surface area contributed by atoms with Gasteiger partial charge in [0.1, 0.15) is 11.4 Å². The maximum atomic E-state index is 12.5. The van der Waals surface area contributed by atoms with Gasteiger partial charge in [-0.1, -0.05) is 15.9 Å². The van der Waals surface area contributed by atoms with Gasteiger partial charge in [0.05, 0.1) is 29.2 Å². The first-order valence-electron chi connectivity index (χ1n) is 11.6. The van der Waals surface area contributed by atoms with Gasteiger partial charge in [-0.15, -0.1) is 0 Å². The molecule has 0 aliphatic rings. The number of aromatic nitrogens is 3. The molecule has 14 heteroatoms. The molecule has 2 heterocycles. The summed E-state index contributed by atoms with van der Waals surface area (Å²) in [7, 11) is 0. The topological polar surface area (TPSA) is 168 Å². The third kappa shape index (κ3) is 6.18. The molecule has 39 heavy (non-hydrogen) atoms. The van der Waals surface area contributed by atoms with Crippen LogP contribution < -0.4 is 20.8 Å². The highest BCUT2D eigenvalue weighted by Crippen LogP contribution is 2.30. The highest BCUT2D eigenvalue weighted by atomic mass is 79.9. The molecule has 200 valence electrons. The summed E-state index contributed by atoms with van der Waals surface area (Å²) in [5.74, 6) is -0.876. The number of carbonyl (C=O) groups is 2. The summed E-state index contributed by atoms with van der Waals surface area (Å²) in [4.78, 5) is 57.3. The van der Waals surface area contributed by atoms with Gasteiger partial charge in [0.15, 0.2) is 0 Å². The Bertz CT molecular complexity index is 1640. The number of hydrogen-bond donors (Lipinski definition) is 2. The zero-order valence-electron chi connectivity index (χ0n) is 20.6. The summed E-state index contributed by atoms with van der Waals surface area (Å²) in [6.07, 6.45) is 2.55. The van der Waals surface area contributed by atoms with Crippen LogP contribution in [0.25, 0.3) is 16.7 Å². The molecule has 0 saturated heterocycles. The third-order valence-corrected chi connectivity index (χ3v) is 5.75. The SMILES string of the molecule is CCOC(=O)c1nc2cc(-n3ccc(=O)c(NC(=O)Nc4ccc(Br)cc4)c3)c([N+](=O)[O-])cc2nc1OCC. The molecule has 0 aliphatic carbocycles. The van der Waals surface area contributed by atoms with Gasteiger partial charge in [-0.25, -0.2) is 19.6 Å². The van der Waals surface area contributed by atoms with E-state index < -0.39 is 22.4 Å². The van der Waals surface area contributed by atoms with Gasteiger partial charge in [0, 0.05) is 34.7 Å². The summed E-state index contributed by atoms with van der Waals surface area (Å²) in [5, 5.41) is 17.0. The normalized spacial score (nSPS) is 10.6. The van der Waals surface area contributed by atoms with E-state index in [2.05, 4.69) is 36.5 Å². The minimum Gasteiger partial charge on any atom is -0.476 e. The van der Waals surface area contributed by atoms with Gasteiger partial charge in [-0.2, -0.15) is 0 Å². The van der Waals surface area contributed by atoms with Gasteiger partial charge in [-0.05, 0) is 44.2 Å². The van der Waals surface area contributed by atoms with Gasteiger partial charge in [-0.3, -0.25) is 14.9 Å². The Kier molecular flexibility index (Phi) is 8.15. The quantitative estimate of drug-likeness (QED) is 0.167. The van der Waals surface area contributed by atoms with E-state index in [9.17, 15) is 24.5 Å². The van der Waals surface area contributed by atoms with Crippen molar-refractivity contribution in [2.24, 2.45) is 0 Å². The molecule has 0 radical (unpaired) electrons. The average Bonchev–Trinajstić information content (AvgIpc) is 2.90. The lowest BCUT2D eigenvalue weighted by Gasteiger charge is -2.13. The Balaban J connectivity index is 1.76. The molecule has 0 aliphatic heterocycles. The number of halogens is 1. The van der Waals surface area contributed by atoms with E-state index in [1.54, 1.807) is 38.1 Å². The number of hydrogen-bond acceptors (Lipinski definition) is 9. The van der Waals surface area contributed by atoms with Crippen molar-refractivity contribution in [3.8, 4) is 11.6 Å². The highest BCUT2D eigenvalue weighted by molar-refractivity contribution is 9.10. The molecule has 0 atom stereocenters. The molecular formula is C25H21BrN6O7. The van der Waals surface area contributed by atoms with Crippen molar-refractivity contribution in [1.82, 2.24) is 14.5 Å². The van der Waals surface area contributed by atoms with E-state index in [0.29, 0.717) is 5.69 Å². The van der Waals surface area contributed by atoms with E-state index in [-0.39, 0.29) is 52.9 Å². The van der Waals surface area contributed by atoms with Crippen molar-refractivity contribution in [1.29, 1.82) is 0 Å². The smallest absolute Gasteiger partial charge is 0.362 e. The number of rotatable bonds is 8. The van der Waals surface area contributed by atoms with E-state index in [4.69, 9.17) is 9.47 Å². The fraction of sp³-hybridized carbons (Fsp3) is 0.160. The predicted octanol–water partition coefficient (Wildman–Crippen LogP) is 4.67. The molecule has 0 fully saturated rings. The summed E-state index contributed by atoms with van der Waals surface area (Å²) >= 11 is 3.31. The van der Waals surface area contributed by atoms with E-state index in [1.807, 2.05) is 0 Å². The van der Waals surface area contributed by atoms with Gasteiger partial charge < -0.3 is 24.7 Å². The number of urea groups is 1. The minimum atomic E-state index is -0.762. The fourth-order valence-electron chi connectivity index (χ4n) is 3.53. The maximum Gasteiger partial charge on any atom is 0.362 e. The Labute approximate surface area is 229 Å². The summed E-state index contributed by atoms with van der Waals surface area (Å²) in [6.45, 7) is 3.59. The van der Waals surface area contributed by atoms with Gasteiger partial charge in [0.25, 0.3) is 5.69 Å². The third-order valence-electron chi connectivity index (χ3n) is 5.22. The van der Waals surface area contributed by atoms with Crippen LogP contribution in [-0.2, 0) is 4.74 Å². The molecule has 0 spiro atoms. The van der Waals surface area contributed by atoms with Crippen LogP contribution in [0.15, 0.2) is 64.1 Å². The van der Waals surface area contributed by atoms with Crippen LogP contribution in [0, 0.1) is 10.1 Å². The Hall–Kier alpha value is -4.85. The van der Waals surface area contributed by atoms with E-state index in [0.717, 1.165) is 10.5 Å². The Morgan fingerprint density at radius 2 is 1.77 bits per heavy atom. The first-order chi connectivity index (χ1) is 18.7. The second-order valence-corrected chi connectivity index (χ2v) is 8.75. The van der Waals surface area contributed by atoms with Crippen molar-refractivity contribution in [3.05, 3.63) is 85.4 Å². The number of pyridine rings is 1. The molecule has 2 N–H and O–H groups in total. The molecular weight excluding hydrogens is 576 g/mol. The summed E-state index contributed by atoms with van der Waals surface area (Å²) < 4.78 is 12.6. The van der Waals surface area contributed by atoms with Crippen LogP contribution in [-0.4, -0.2) is 44.7 Å². The maximum absolute atomic E-state index is 12.5. The lowest BCUT2D eigenvalue weighted by Crippen LogP contribution is -2.24. The standard InChI is InChI=1S/C25H21BrN6O7/c1-3-38-23-22(24(34)39-4-2)28-16-11-19(20(32(36)37)12-17(16)29-23)31-10-9-21(33)18(13-31)30-25(35)27-15-7-5-14(26)6-8-15/h5-13H,3-4H2,1-2H3,(H2,27,30,35). The molecule has 2 aromatic heterocycles. The molecule has 0 bridgehead atoms. The van der Waals surface area contributed by atoms with Crippen LogP contribution >= 0.6 is 15.9 Å². The van der Waals surface area contributed by atoms with Gasteiger partial charge in [0.2, 0.25) is 17.0 Å². The Morgan fingerprint density at radius 1 is 1.05 bits per heavy atom.